The number of Topliss-reactive ketones (excluding diaryl/α,β-unsaturated/α-hetero) is 1. The molecule has 0 saturated heterocycles. The van der Waals surface area contributed by atoms with Crippen LogP contribution in [0.1, 0.15) is 25.5 Å². The molecule has 1 unspecified atom stereocenters. The highest BCUT2D eigenvalue weighted by atomic mass is 35.5. The van der Waals surface area contributed by atoms with Crippen LogP contribution in [0.3, 0.4) is 0 Å². The summed E-state index contributed by atoms with van der Waals surface area (Å²) in [5, 5.41) is 10.3. The van der Waals surface area contributed by atoms with Crippen molar-refractivity contribution in [1.29, 1.82) is 0 Å². The van der Waals surface area contributed by atoms with Gasteiger partial charge in [0.25, 0.3) is 5.91 Å². The summed E-state index contributed by atoms with van der Waals surface area (Å²) < 4.78 is 13.5. The first-order valence-corrected chi connectivity index (χ1v) is 8.51. The maximum atomic E-state index is 13.5. The van der Waals surface area contributed by atoms with Crippen molar-refractivity contribution in [2.24, 2.45) is 5.92 Å². The molecule has 1 heterocycles. The Morgan fingerprint density at radius 1 is 1.19 bits per heavy atom. The lowest BCUT2D eigenvalue weighted by Crippen LogP contribution is -2.31. The number of amides is 1. The van der Waals surface area contributed by atoms with Crippen molar-refractivity contribution < 1.29 is 19.1 Å². The maximum Gasteiger partial charge on any atom is 0.294 e. The van der Waals surface area contributed by atoms with Crippen LogP contribution in [0.4, 0.5) is 10.1 Å². The molecule has 1 aliphatic heterocycles. The summed E-state index contributed by atoms with van der Waals surface area (Å²) in [5.74, 6) is -2.64. The number of benzene rings is 2. The molecule has 4 nitrogen and oxygen atoms in total. The second kappa shape index (κ2) is 6.92. The predicted octanol–water partition coefficient (Wildman–Crippen LogP) is 4.60. The van der Waals surface area contributed by atoms with Crippen molar-refractivity contribution >= 4 is 29.0 Å². The SMILES string of the molecule is CC(C)C(=O)C1=C(O)C(=O)N(c2ccc(F)c(Cl)c2)C1c1ccccc1. The van der Waals surface area contributed by atoms with E-state index in [-0.39, 0.29) is 16.4 Å². The fourth-order valence-electron chi connectivity index (χ4n) is 3.02. The van der Waals surface area contributed by atoms with Crippen LogP contribution in [-0.2, 0) is 9.59 Å². The summed E-state index contributed by atoms with van der Waals surface area (Å²) in [7, 11) is 0. The van der Waals surface area contributed by atoms with E-state index in [1.807, 2.05) is 6.07 Å². The molecule has 2 aromatic carbocycles. The van der Waals surface area contributed by atoms with Gasteiger partial charge in [-0.2, -0.15) is 0 Å². The van der Waals surface area contributed by atoms with Crippen molar-refractivity contribution in [3.05, 3.63) is 76.3 Å². The van der Waals surface area contributed by atoms with Gasteiger partial charge in [-0.25, -0.2) is 4.39 Å². The fourth-order valence-corrected chi connectivity index (χ4v) is 3.19. The molecule has 1 atom stereocenters. The van der Waals surface area contributed by atoms with Gasteiger partial charge in [-0.15, -0.1) is 0 Å². The van der Waals surface area contributed by atoms with E-state index in [0.717, 1.165) is 6.07 Å². The van der Waals surface area contributed by atoms with E-state index in [1.165, 1.54) is 17.0 Å². The summed E-state index contributed by atoms with van der Waals surface area (Å²) >= 11 is 5.86. The Morgan fingerprint density at radius 2 is 1.85 bits per heavy atom. The zero-order chi connectivity index (χ0) is 19.0. The number of anilines is 1. The van der Waals surface area contributed by atoms with Crippen molar-refractivity contribution in [3.63, 3.8) is 0 Å². The lowest BCUT2D eigenvalue weighted by atomic mass is 9.91. The van der Waals surface area contributed by atoms with Crippen LogP contribution in [0.15, 0.2) is 59.9 Å². The minimum Gasteiger partial charge on any atom is -0.503 e. The Balaban J connectivity index is 2.19. The minimum absolute atomic E-state index is 0.0386. The number of nitrogens with zero attached hydrogens (tertiary/aromatic N) is 1. The van der Waals surface area contributed by atoms with Crippen molar-refractivity contribution in [2.45, 2.75) is 19.9 Å². The molecule has 0 aromatic heterocycles. The monoisotopic (exact) mass is 373 g/mol. The molecule has 26 heavy (non-hydrogen) atoms. The zero-order valence-corrected chi connectivity index (χ0v) is 15.0. The molecule has 0 saturated carbocycles. The third-order valence-corrected chi connectivity index (χ3v) is 4.58. The molecule has 134 valence electrons. The number of aliphatic hydroxyl groups excluding tert-OH is 1. The Bertz CT molecular complexity index is 909. The molecule has 0 bridgehead atoms. The third kappa shape index (κ3) is 2.99. The van der Waals surface area contributed by atoms with Crippen LogP contribution in [0, 0.1) is 11.7 Å². The van der Waals surface area contributed by atoms with E-state index in [4.69, 9.17) is 11.6 Å². The molecule has 3 rings (SSSR count). The number of hydrogen-bond donors (Lipinski definition) is 1. The Morgan fingerprint density at radius 3 is 2.42 bits per heavy atom. The smallest absolute Gasteiger partial charge is 0.294 e. The minimum atomic E-state index is -0.805. The zero-order valence-electron chi connectivity index (χ0n) is 14.2. The van der Waals surface area contributed by atoms with E-state index < -0.39 is 29.4 Å². The fraction of sp³-hybridized carbons (Fsp3) is 0.200. The molecule has 1 aliphatic rings. The first kappa shape index (κ1) is 18.1. The summed E-state index contributed by atoms with van der Waals surface area (Å²) in [4.78, 5) is 26.7. The largest absolute Gasteiger partial charge is 0.503 e. The molecule has 6 heteroatoms. The van der Waals surface area contributed by atoms with Crippen LogP contribution in [0.5, 0.6) is 0 Å². The topological polar surface area (TPSA) is 57.6 Å². The highest BCUT2D eigenvalue weighted by molar-refractivity contribution is 6.31. The first-order valence-electron chi connectivity index (χ1n) is 8.13. The molecule has 0 aliphatic carbocycles. The van der Waals surface area contributed by atoms with Gasteiger partial charge < -0.3 is 5.11 Å². The van der Waals surface area contributed by atoms with Crippen molar-refractivity contribution in [2.75, 3.05) is 4.90 Å². The van der Waals surface area contributed by atoms with E-state index >= 15 is 0 Å². The molecular formula is C20H17ClFNO3. The number of rotatable bonds is 4. The van der Waals surface area contributed by atoms with Gasteiger partial charge in [0.2, 0.25) is 0 Å². The lowest BCUT2D eigenvalue weighted by molar-refractivity contribution is -0.119. The highest BCUT2D eigenvalue weighted by Crippen LogP contribution is 2.42. The highest BCUT2D eigenvalue weighted by Gasteiger charge is 2.44. The average molecular weight is 374 g/mol. The van der Waals surface area contributed by atoms with Crippen LogP contribution < -0.4 is 4.90 Å². The molecule has 1 N–H and O–H groups in total. The molecule has 0 fully saturated rings. The van der Waals surface area contributed by atoms with Gasteiger partial charge in [0.15, 0.2) is 11.5 Å². The van der Waals surface area contributed by atoms with Gasteiger partial charge in [0.1, 0.15) is 5.82 Å². The molecule has 1 amide bonds. The van der Waals surface area contributed by atoms with Gasteiger partial charge in [0.05, 0.1) is 16.6 Å². The first-order chi connectivity index (χ1) is 12.3. The number of hydrogen-bond acceptors (Lipinski definition) is 3. The standard InChI is InChI=1S/C20H17ClFNO3/c1-11(2)18(24)16-17(12-6-4-3-5-7-12)23(20(26)19(16)25)13-8-9-15(22)14(21)10-13/h3-11,17,25H,1-2H3. The van der Waals surface area contributed by atoms with Crippen LogP contribution in [-0.4, -0.2) is 16.8 Å². The van der Waals surface area contributed by atoms with Gasteiger partial charge in [-0.05, 0) is 23.8 Å². The van der Waals surface area contributed by atoms with Crippen molar-refractivity contribution in [3.8, 4) is 0 Å². The maximum absolute atomic E-state index is 13.5. The number of aliphatic hydroxyl groups is 1. The number of ketones is 1. The third-order valence-electron chi connectivity index (χ3n) is 4.29. The van der Waals surface area contributed by atoms with E-state index in [0.29, 0.717) is 11.3 Å². The van der Waals surface area contributed by atoms with Crippen LogP contribution >= 0.6 is 11.6 Å². The number of halogens is 2. The Labute approximate surface area is 155 Å². The normalized spacial score (nSPS) is 17.3. The van der Waals surface area contributed by atoms with Crippen LogP contribution in [0.2, 0.25) is 5.02 Å². The lowest BCUT2D eigenvalue weighted by Gasteiger charge is -2.27. The molecule has 0 spiro atoms. The number of carbonyl (C=O) groups is 2. The summed E-state index contributed by atoms with van der Waals surface area (Å²) in [6.45, 7) is 3.40. The van der Waals surface area contributed by atoms with Gasteiger partial charge >= 0.3 is 0 Å². The summed E-state index contributed by atoms with van der Waals surface area (Å²) in [5.41, 5.74) is 0.999. The summed E-state index contributed by atoms with van der Waals surface area (Å²) in [6.07, 6.45) is 0. The van der Waals surface area contributed by atoms with Gasteiger partial charge in [0, 0.05) is 11.6 Å². The van der Waals surface area contributed by atoms with E-state index in [1.54, 1.807) is 38.1 Å². The molecule has 2 aromatic rings. The average Bonchev–Trinajstić information content (AvgIpc) is 2.89. The summed E-state index contributed by atoms with van der Waals surface area (Å²) in [6, 6.07) is 11.9. The Hall–Kier alpha value is -2.66. The quantitative estimate of drug-likeness (QED) is 0.851. The molecular weight excluding hydrogens is 357 g/mol. The Kier molecular flexibility index (Phi) is 4.83. The number of carbonyl (C=O) groups excluding carboxylic acids is 2. The van der Waals surface area contributed by atoms with E-state index in [2.05, 4.69) is 0 Å². The van der Waals surface area contributed by atoms with Gasteiger partial charge in [-0.1, -0.05) is 55.8 Å². The second-order valence-corrected chi connectivity index (χ2v) is 6.78. The predicted molar refractivity (Wildman–Crippen MR) is 97.6 cm³/mol. The molecule has 0 radical (unpaired) electrons. The second-order valence-electron chi connectivity index (χ2n) is 6.37. The van der Waals surface area contributed by atoms with Crippen LogP contribution in [0.25, 0.3) is 0 Å². The van der Waals surface area contributed by atoms with E-state index in [9.17, 15) is 19.1 Å². The van der Waals surface area contributed by atoms with Gasteiger partial charge in [-0.3, -0.25) is 14.5 Å². The van der Waals surface area contributed by atoms with Crippen molar-refractivity contribution in [1.82, 2.24) is 0 Å².